The largest absolute Gasteiger partial charge is 0.478 e. The van der Waals surface area contributed by atoms with E-state index < -0.39 is 64.4 Å². The van der Waals surface area contributed by atoms with Crippen LogP contribution in [0.2, 0.25) is 0 Å². The van der Waals surface area contributed by atoms with Gasteiger partial charge in [0, 0.05) is 23.6 Å². The number of thiazole rings is 1. The first-order chi connectivity index (χ1) is 17.8. The van der Waals surface area contributed by atoms with Crippen molar-refractivity contribution >= 4 is 70.1 Å². The fourth-order valence-electron chi connectivity index (χ4n) is 3.28. The number of carboxylic acid groups (broad SMARTS) is 2. The molecule has 1 unspecified atom stereocenters. The number of fused-ring (bicyclic) bond motifs is 1. The minimum Gasteiger partial charge on any atom is -0.478 e. The fourth-order valence-corrected chi connectivity index (χ4v) is 5.21. The average Bonchev–Trinajstić information content (AvgIpc) is 3.26. The SMILES string of the molecule is CC(=O)OC(NC(=O)/C(=N\OC(C)(C)C(=O)O)c1csc(N)n1)C1=C(C(=O)O)N2C(=O)[C@@H](NC=O)[C@H]2SC1. The number of carbonyl (C=O) groups excluding carboxylic acids is 4. The smallest absolute Gasteiger partial charge is 0.352 e. The maximum absolute atomic E-state index is 13.3. The van der Waals surface area contributed by atoms with Crippen LogP contribution in [0.25, 0.3) is 0 Å². The second kappa shape index (κ2) is 11.1. The van der Waals surface area contributed by atoms with Crippen molar-refractivity contribution in [2.75, 3.05) is 11.5 Å². The third-order valence-electron chi connectivity index (χ3n) is 5.17. The van der Waals surface area contributed by atoms with Gasteiger partial charge in [-0.2, -0.15) is 0 Å². The van der Waals surface area contributed by atoms with E-state index in [0.29, 0.717) is 6.41 Å². The van der Waals surface area contributed by atoms with Crippen molar-refractivity contribution in [3.05, 3.63) is 22.3 Å². The first-order valence-electron chi connectivity index (χ1n) is 10.6. The van der Waals surface area contributed by atoms with Gasteiger partial charge in [0.2, 0.25) is 18.2 Å². The molecule has 2 aliphatic heterocycles. The molecule has 18 heteroatoms. The average molecular weight is 571 g/mol. The standard InChI is InChI=1S/C20H22N6O10S2/c1-7(28)35-14(8-4-37-16-11(22-6-27)15(30)26(16)12(8)17(31)32)24-13(29)10(9-5-38-19(21)23-9)25-36-20(2,3)18(33)34/h5-6,11,14,16H,4H2,1-3H3,(H2,21,23)(H,22,27)(H,24,29)(H,31,32)(H,33,34)/b25-10-/t11-,14?,16-/m1/s1. The third kappa shape index (κ3) is 5.70. The summed E-state index contributed by atoms with van der Waals surface area (Å²) >= 11 is 2.02. The number of rotatable bonds is 11. The number of carbonyl (C=O) groups is 6. The molecule has 0 bridgehead atoms. The summed E-state index contributed by atoms with van der Waals surface area (Å²) in [7, 11) is 0. The summed E-state index contributed by atoms with van der Waals surface area (Å²) in [5.74, 6) is -5.71. The van der Waals surface area contributed by atoms with E-state index in [0.717, 1.165) is 34.9 Å². The monoisotopic (exact) mass is 570 g/mol. The molecule has 0 aliphatic carbocycles. The van der Waals surface area contributed by atoms with Crippen LogP contribution in [0.5, 0.6) is 0 Å². The van der Waals surface area contributed by atoms with Gasteiger partial charge in [0.1, 0.15) is 22.8 Å². The van der Waals surface area contributed by atoms with E-state index in [2.05, 4.69) is 20.8 Å². The normalized spacial score (nSPS) is 20.0. The van der Waals surface area contributed by atoms with Crippen LogP contribution in [0.3, 0.4) is 0 Å². The zero-order valence-electron chi connectivity index (χ0n) is 20.0. The zero-order valence-corrected chi connectivity index (χ0v) is 21.6. The number of hydrogen-bond acceptors (Lipinski definition) is 13. The second-order valence-electron chi connectivity index (χ2n) is 8.23. The first-order valence-corrected chi connectivity index (χ1v) is 12.5. The van der Waals surface area contributed by atoms with Crippen LogP contribution in [0.4, 0.5) is 5.13 Å². The Kier molecular flexibility index (Phi) is 8.25. The highest BCUT2D eigenvalue weighted by Crippen LogP contribution is 2.41. The van der Waals surface area contributed by atoms with Crippen molar-refractivity contribution in [1.82, 2.24) is 20.5 Å². The molecule has 3 amide bonds. The predicted molar refractivity (Wildman–Crippen MR) is 130 cm³/mol. The van der Waals surface area contributed by atoms with Crippen LogP contribution in [-0.4, -0.2) is 90.9 Å². The Morgan fingerprint density at radius 1 is 1.34 bits per heavy atom. The number of ether oxygens (including phenoxy) is 1. The summed E-state index contributed by atoms with van der Waals surface area (Å²) in [5, 5.41) is 28.1. The number of β-lactam (4-membered cyclic amide) rings is 1. The van der Waals surface area contributed by atoms with Crippen molar-refractivity contribution in [3.63, 3.8) is 0 Å². The number of nitrogen functional groups attached to an aromatic ring is 1. The highest BCUT2D eigenvalue weighted by Gasteiger charge is 2.54. The number of nitrogens with two attached hydrogens (primary N) is 1. The Labute approximate surface area is 222 Å². The molecule has 38 heavy (non-hydrogen) atoms. The van der Waals surface area contributed by atoms with Crippen LogP contribution in [0.1, 0.15) is 26.5 Å². The van der Waals surface area contributed by atoms with Crippen molar-refractivity contribution in [1.29, 1.82) is 0 Å². The van der Waals surface area contributed by atoms with E-state index in [-0.39, 0.29) is 22.2 Å². The molecule has 0 saturated carbocycles. The van der Waals surface area contributed by atoms with Crippen molar-refractivity contribution in [2.45, 2.75) is 44.0 Å². The number of hydrogen-bond donors (Lipinski definition) is 5. The lowest BCUT2D eigenvalue weighted by Crippen LogP contribution is -2.70. The van der Waals surface area contributed by atoms with Gasteiger partial charge in [-0.1, -0.05) is 5.16 Å². The number of aromatic nitrogens is 1. The number of anilines is 1. The maximum atomic E-state index is 13.3. The molecule has 0 spiro atoms. The van der Waals surface area contributed by atoms with Crippen LogP contribution in [0.15, 0.2) is 21.8 Å². The van der Waals surface area contributed by atoms with Crippen LogP contribution < -0.4 is 16.4 Å². The van der Waals surface area contributed by atoms with Crippen LogP contribution in [0, 0.1) is 0 Å². The molecular weight excluding hydrogens is 548 g/mol. The Morgan fingerprint density at radius 3 is 2.55 bits per heavy atom. The van der Waals surface area contributed by atoms with Gasteiger partial charge < -0.3 is 36.2 Å². The zero-order chi connectivity index (χ0) is 28.4. The van der Waals surface area contributed by atoms with Gasteiger partial charge >= 0.3 is 17.9 Å². The molecule has 0 aromatic carbocycles. The number of aliphatic carboxylic acids is 2. The molecule has 204 valence electrons. The summed E-state index contributed by atoms with van der Waals surface area (Å²) < 4.78 is 5.19. The molecule has 2 aliphatic rings. The molecule has 1 aromatic rings. The number of thioether (sulfide) groups is 1. The van der Waals surface area contributed by atoms with Crippen LogP contribution in [-0.2, 0) is 38.3 Å². The van der Waals surface area contributed by atoms with Gasteiger partial charge in [-0.15, -0.1) is 23.1 Å². The summed E-state index contributed by atoms with van der Waals surface area (Å²) in [6.07, 6.45) is -1.36. The fraction of sp³-hybridized carbons (Fsp3) is 0.400. The number of carboxylic acids is 2. The number of amides is 3. The molecule has 16 nitrogen and oxygen atoms in total. The molecule has 6 N–H and O–H groups in total. The Balaban J connectivity index is 2.00. The van der Waals surface area contributed by atoms with E-state index in [9.17, 15) is 39.0 Å². The van der Waals surface area contributed by atoms with Crippen molar-refractivity contribution in [2.24, 2.45) is 5.16 Å². The lowest BCUT2D eigenvalue weighted by molar-refractivity contribution is -0.161. The molecule has 0 radical (unpaired) electrons. The summed E-state index contributed by atoms with van der Waals surface area (Å²) in [4.78, 5) is 81.9. The number of esters is 1. The van der Waals surface area contributed by atoms with Gasteiger partial charge in [0.25, 0.3) is 11.8 Å². The van der Waals surface area contributed by atoms with Gasteiger partial charge in [-0.3, -0.25) is 24.1 Å². The van der Waals surface area contributed by atoms with E-state index >= 15 is 0 Å². The lowest BCUT2D eigenvalue weighted by Gasteiger charge is -2.49. The Hall–Kier alpha value is -4.19. The lowest BCUT2D eigenvalue weighted by atomic mass is 10.0. The predicted octanol–water partition coefficient (Wildman–Crippen LogP) is -1.32. The van der Waals surface area contributed by atoms with Crippen molar-refractivity contribution < 1.29 is 48.6 Å². The molecule has 1 aromatic heterocycles. The topological polar surface area (TPSA) is 240 Å². The summed E-state index contributed by atoms with van der Waals surface area (Å²) in [6.45, 7) is 3.39. The second-order valence-corrected chi connectivity index (χ2v) is 10.2. The van der Waals surface area contributed by atoms with E-state index in [4.69, 9.17) is 15.3 Å². The highest BCUT2D eigenvalue weighted by atomic mass is 32.2. The third-order valence-corrected chi connectivity index (χ3v) is 7.15. The molecule has 1 saturated heterocycles. The number of nitrogens with one attached hydrogen (secondary N) is 2. The quantitative estimate of drug-likeness (QED) is 0.0519. The highest BCUT2D eigenvalue weighted by molar-refractivity contribution is 8.00. The number of nitrogens with zero attached hydrogens (tertiary/aromatic N) is 3. The molecule has 1 fully saturated rings. The van der Waals surface area contributed by atoms with E-state index in [1.807, 2.05) is 0 Å². The molecule has 3 rings (SSSR count). The molecular formula is C20H22N6O10S2. The van der Waals surface area contributed by atoms with Gasteiger partial charge in [0.05, 0.1) is 0 Å². The number of oxime groups is 1. The minimum atomic E-state index is -1.85. The summed E-state index contributed by atoms with van der Waals surface area (Å²) in [6, 6.07) is -0.946. The minimum absolute atomic E-state index is 0.0508. The Bertz CT molecular complexity index is 1260. The van der Waals surface area contributed by atoms with Gasteiger partial charge in [0.15, 0.2) is 10.8 Å². The maximum Gasteiger partial charge on any atom is 0.352 e. The van der Waals surface area contributed by atoms with Crippen LogP contribution >= 0.6 is 23.1 Å². The van der Waals surface area contributed by atoms with E-state index in [1.54, 1.807) is 0 Å². The molecule has 3 heterocycles. The van der Waals surface area contributed by atoms with Crippen molar-refractivity contribution in [3.8, 4) is 0 Å². The van der Waals surface area contributed by atoms with E-state index in [1.165, 1.54) is 19.2 Å². The first kappa shape index (κ1) is 28.4. The molecule has 3 atom stereocenters. The Morgan fingerprint density at radius 2 is 2.03 bits per heavy atom. The van der Waals surface area contributed by atoms with Gasteiger partial charge in [-0.25, -0.2) is 14.6 Å². The van der Waals surface area contributed by atoms with Gasteiger partial charge in [-0.05, 0) is 13.8 Å². The summed E-state index contributed by atoms with van der Waals surface area (Å²) in [5.41, 5.74) is 2.48.